The Balaban J connectivity index is -0.000000245. The van der Waals surface area contributed by atoms with Gasteiger partial charge in [0.1, 0.15) is 18.3 Å². The van der Waals surface area contributed by atoms with Crippen LogP contribution in [0.4, 0.5) is 0 Å². The molecule has 1 saturated heterocycles. The third-order valence-electron chi connectivity index (χ3n) is 1.73. The predicted molar refractivity (Wildman–Crippen MR) is 43.7 cm³/mol. The van der Waals surface area contributed by atoms with E-state index in [0.717, 1.165) is 0 Å². The van der Waals surface area contributed by atoms with E-state index in [2.05, 4.69) is 9.26 Å². The first kappa shape index (κ1) is 28.1. The Morgan fingerprint density at radius 3 is 1.83 bits per heavy atom. The summed E-state index contributed by atoms with van der Waals surface area (Å²) < 4.78 is 18.4. The molecule has 100 valence electrons. The summed E-state index contributed by atoms with van der Waals surface area (Å²) in [5.41, 5.74) is 0. The van der Waals surface area contributed by atoms with Crippen molar-refractivity contribution in [2.75, 3.05) is 6.61 Å². The minimum atomic E-state index is -5.14. The molecule has 4 atom stereocenters. The van der Waals surface area contributed by atoms with Crippen molar-refractivity contribution in [1.29, 1.82) is 0 Å². The summed E-state index contributed by atoms with van der Waals surface area (Å²) in [7, 11) is -5.14. The zero-order valence-electron chi connectivity index (χ0n) is 9.85. The summed E-state index contributed by atoms with van der Waals surface area (Å²) in [6.07, 6.45) is -5.88. The van der Waals surface area contributed by atoms with E-state index in [0.29, 0.717) is 0 Å². The van der Waals surface area contributed by atoms with Crippen molar-refractivity contribution in [3.05, 3.63) is 0 Å². The first-order valence-electron chi connectivity index (χ1n) is 3.67. The molecule has 1 heterocycles. The Hall–Kier alpha value is 1.87. The van der Waals surface area contributed by atoms with E-state index >= 15 is 0 Å². The molecule has 1 aliphatic rings. The van der Waals surface area contributed by atoms with Crippen LogP contribution in [0.5, 0.6) is 0 Å². The molecule has 13 heteroatoms. The van der Waals surface area contributed by atoms with Crippen molar-refractivity contribution in [1.82, 2.24) is 0 Å². The smallest absolute Gasteiger partial charge is 0.790 e. The Morgan fingerprint density at radius 2 is 1.56 bits per heavy atom. The van der Waals surface area contributed by atoms with Crippen molar-refractivity contribution in [3.63, 3.8) is 0 Å². The first-order valence-corrected chi connectivity index (χ1v) is 5.13. The SMILES string of the molecule is O.O.O=P([O-])([O-])OCC1OC(O)C(O)C1O.[Na+].[Na+]. The van der Waals surface area contributed by atoms with Gasteiger partial charge in [0.05, 0.1) is 14.4 Å². The van der Waals surface area contributed by atoms with Crippen LogP contribution in [0.1, 0.15) is 0 Å². The second-order valence-electron chi connectivity index (χ2n) is 2.79. The fourth-order valence-electron chi connectivity index (χ4n) is 1.03. The minimum Gasteiger partial charge on any atom is -0.790 e. The molecule has 10 nitrogen and oxygen atoms in total. The number of aliphatic hydroxyl groups is 3. The quantitative estimate of drug-likeness (QED) is 0.336. The van der Waals surface area contributed by atoms with Crippen LogP contribution in [-0.4, -0.2) is 57.5 Å². The molecule has 4 unspecified atom stereocenters. The monoisotopic (exact) mass is 310 g/mol. The molecule has 7 N–H and O–H groups in total. The maximum absolute atomic E-state index is 10.0. The molecule has 0 aromatic heterocycles. The fraction of sp³-hybridized carbons (Fsp3) is 1.00. The van der Waals surface area contributed by atoms with Crippen molar-refractivity contribution >= 4 is 7.82 Å². The number of rotatable bonds is 3. The standard InChI is InChI=1S/C5H11O8P.2Na.2H2O/c6-3-2(1-12-14(9,10)11)13-5(8)4(3)7;;;;/h2-8H,1H2,(H2,9,10,11);;;2*1H2/q;2*+1;;/p-2. The Kier molecular flexibility index (Phi) is 18.0. The summed E-state index contributed by atoms with van der Waals surface area (Å²) in [5.74, 6) is 0. The van der Waals surface area contributed by atoms with Gasteiger partial charge in [0.25, 0.3) is 0 Å². The molecule has 1 fully saturated rings. The van der Waals surface area contributed by atoms with E-state index in [9.17, 15) is 14.4 Å². The average molecular weight is 310 g/mol. The molecule has 18 heavy (non-hydrogen) atoms. The average Bonchev–Trinajstić information content (AvgIpc) is 2.28. The van der Waals surface area contributed by atoms with Gasteiger partial charge >= 0.3 is 59.1 Å². The number of phosphoric ester groups is 1. The largest absolute Gasteiger partial charge is 1.00 e. The van der Waals surface area contributed by atoms with Crippen LogP contribution < -0.4 is 68.9 Å². The number of phosphoric acid groups is 1. The molecule has 0 aliphatic carbocycles. The van der Waals surface area contributed by atoms with E-state index in [4.69, 9.17) is 15.3 Å². The Bertz CT molecular complexity index is 248. The third-order valence-corrected chi connectivity index (χ3v) is 2.20. The second-order valence-corrected chi connectivity index (χ2v) is 3.94. The van der Waals surface area contributed by atoms with Gasteiger partial charge in [-0.05, 0) is 0 Å². The molecule has 0 aromatic rings. The number of hydrogen-bond donors (Lipinski definition) is 3. The van der Waals surface area contributed by atoms with Gasteiger partial charge in [-0.25, -0.2) is 0 Å². The molecule has 1 rings (SSSR count). The first-order chi connectivity index (χ1) is 6.31. The number of hydrogen-bond acceptors (Lipinski definition) is 8. The van der Waals surface area contributed by atoms with Gasteiger partial charge in [-0.15, -0.1) is 0 Å². The van der Waals surface area contributed by atoms with Gasteiger partial charge in [-0.3, -0.25) is 0 Å². The van der Waals surface area contributed by atoms with Gasteiger partial charge in [-0.1, -0.05) is 0 Å². The van der Waals surface area contributed by atoms with Crippen molar-refractivity contribution in [3.8, 4) is 0 Å². The normalized spacial score (nSPS) is 30.3. The molecule has 0 radical (unpaired) electrons. The third kappa shape index (κ3) is 8.93. The van der Waals surface area contributed by atoms with E-state index in [1.165, 1.54) is 0 Å². The maximum Gasteiger partial charge on any atom is 1.00 e. The summed E-state index contributed by atoms with van der Waals surface area (Å²) in [6, 6.07) is 0. The fourth-order valence-corrected chi connectivity index (χ4v) is 1.36. The van der Waals surface area contributed by atoms with Crippen LogP contribution in [0.3, 0.4) is 0 Å². The maximum atomic E-state index is 10.0. The zero-order valence-corrected chi connectivity index (χ0v) is 14.7. The van der Waals surface area contributed by atoms with Crippen LogP contribution in [0.25, 0.3) is 0 Å². The number of ether oxygens (including phenoxy) is 1. The van der Waals surface area contributed by atoms with E-state index in [1.807, 2.05) is 0 Å². The number of aliphatic hydroxyl groups excluding tert-OH is 3. The van der Waals surface area contributed by atoms with Crippen molar-refractivity contribution in [2.24, 2.45) is 0 Å². The summed E-state index contributed by atoms with van der Waals surface area (Å²) in [4.78, 5) is 20.1. The van der Waals surface area contributed by atoms with Crippen LogP contribution in [-0.2, 0) is 13.8 Å². The van der Waals surface area contributed by atoms with Gasteiger partial charge in [-0.2, -0.15) is 0 Å². The van der Waals surface area contributed by atoms with Crippen LogP contribution in [0.15, 0.2) is 0 Å². The topological polar surface area (TPSA) is 205 Å². The molecule has 0 amide bonds. The van der Waals surface area contributed by atoms with E-state index < -0.39 is 39.0 Å². The van der Waals surface area contributed by atoms with Gasteiger partial charge in [0, 0.05) is 0 Å². The Labute approximate surface area is 147 Å². The predicted octanol–water partition coefficient (Wildman–Crippen LogP) is -11.4. The summed E-state index contributed by atoms with van der Waals surface area (Å²) >= 11 is 0. The van der Waals surface area contributed by atoms with E-state index in [-0.39, 0.29) is 70.1 Å². The van der Waals surface area contributed by atoms with Crippen LogP contribution in [0.2, 0.25) is 0 Å². The Morgan fingerprint density at radius 1 is 1.11 bits per heavy atom. The van der Waals surface area contributed by atoms with Crippen molar-refractivity contribution < 1.29 is 109 Å². The van der Waals surface area contributed by atoms with E-state index in [1.54, 1.807) is 0 Å². The van der Waals surface area contributed by atoms with Gasteiger partial charge < -0.3 is 49.9 Å². The molecule has 1 aliphatic heterocycles. The minimum absolute atomic E-state index is 0. The molecule has 0 bridgehead atoms. The summed E-state index contributed by atoms with van der Waals surface area (Å²) in [6.45, 7) is -0.737. The molecular weight excluding hydrogens is 297 g/mol. The zero-order chi connectivity index (χ0) is 10.9. The van der Waals surface area contributed by atoms with Crippen LogP contribution >= 0.6 is 7.82 Å². The van der Waals surface area contributed by atoms with Crippen LogP contribution in [0, 0.1) is 0 Å². The molecule has 0 saturated carbocycles. The molecule has 0 aromatic carbocycles. The summed E-state index contributed by atoms with van der Waals surface area (Å²) in [5, 5.41) is 26.9. The van der Waals surface area contributed by atoms with Crippen molar-refractivity contribution in [2.45, 2.75) is 24.6 Å². The second kappa shape index (κ2) is 11.5. The molecule has 0 spiro atoms. The van der Waals surface area contributed by atoms with Gasteiger partial charge in [0.15, 0.2) is 6.29 Å². The van der Waals surface area contributed by atoms with Gasteiger partial charge in [0.2, 0.25) is 0 Å². The molecular formula is C5H13Na2O10P.